The molecule has 2 nitrogen and oxygen atoms in total. The van der Waals surface area contributed by atoms with Gasteiger partial charge in [-0.2, -0.15) is 5.26 Å². The Kier molecular flexibility index (Phi) is 2.93. The van der Waals surface area contributed by atoms with Crippen molar-refractivity contribution in [3.05, 3.63) is 45.9 Å². The van der Waals surface area contributed by atoms with Crippen molar-refractivity contribution in [2.24, 2.45) is 0 Å². The summed E-state index contributed by atoms with van der Waals surface area (Å²) < 4.78 is 0. The molecule has 0 atom stereocenters. The van der Waals surface area contributed by atoms with E-state index in [0.717, 1.165) is 21.7 Å². The van der Waals surface area contributed by atoms with E-state index in [9.17, 15) is 4.79 Å². The van der Waals surface area contributed by atoms with Crippen LogP contribution in [0.25, 0.3) is 6.08 Å². The minimum Gasteiger partial charge on any atom is -0.298 e. The lowest BCUT2D eigenvalue weighted by molar-refractivity contribution is 0.112. The van der Waals surface area contributed by atoms with Gasteiger partial charge in [0.25, 0.3) is 0 Å². The van der Waals surface area contributed by atoms with E-state index in [1.165, 1.54) is 11.8 Å². The third-order valence-corrected chi connectivity index (χ3v) is 3.58. The van der Waals surface area contributed by atoms with E-state index >= 15 is 0 Å². The van der Waals surface area contributed by atoms with Crippen molar-refractivity contribution in [3.63, 3.8) is 0 Å². The second kappa shape index (κ2) is 4.38. The van der Waals surface area contributed by atoms with Crippen molar-refractivity contribution in [2.75, 3.05) is 0 Å². The number of aldehydes is 1. The molecule has 0 saturated heterocycles. The summed E-state index contributed by atoms with van der Waals surface area (Å²) >= 11 is 1.53. The van der Waals surface area contributed by atoms with Gasteiger partial charge in [-0.3, -0.25) is 4.79 Å². The Morgan fingerprint density at radius 3 is 2.94 bits per heavy atom. The molecule has 0 bridgehead atoms. The van der Waals surface area contributed by atoms with Crippen LogP contribution in [0.4, 0.5) is 0 Å². The molecule has 0 radical (unpaired) electrons. The highest BCUT2D eigenvalue weighted by atomic mass is 32.2. The van der Waals surface area contributed by atoms with E-state index in [-0.39, 0.29) is 0 Å². The zero-order chi connectivity index (χ0) is 11.5. The Labute approximate surface area is 98.3 Å². The van der Waals surface area contributed by atoms with Gasteiger partial charge in [-0.1, -0.05) is 30.0 Å². The van der Waals surface area contributed by atoms with Crippen molar-refractivity contribution in [1.29, 1.82) is 5.26 Å². The van der Waals surface area contributed by atoms with Crippen LogP contribution in [0.2, 0.25) is 0 Å². The standard InChI is InChI=1S/C13H9NOS/c1-9(7-14)12-5-4-11-3-2-10(8-15)6-13(11)16-12/h2-6,8H,1H3/b12-9+. The maximum absolute atomic E-state index is 10.7. The third-order valence-electron chi connectivity index (χ3n) is 2.35. The van der Waals surface area contributed by atoms with Crippen molar-refractivity contribution >= 4 is 24.1 Å². The van der Waals surface area contributed by atoms with Crippen LogP contribution >= 0.6 is 11.8 Å². The summed E-state index contributed by atoms with van der Waals surface area (Å²) in [5, 5.41) is 8.82. The fourth-order valence-electron chi connectivity index (χ4n) is 1.42. The minimum atomic E-state index is 0.663. The first-order chi connectivity index (χ1) is 7.74. The SMILES string of the molecule is C/C(C#N)=C1/C=Cc2ccc(C=O)cc2S1. The molecule has 16 heavy (non-hydrogen) atoms. The molecular formula is C13H9NOS. The van der Waals surface area contributed by atoms with Crippen LogP contribution in [0.1, 0.15) is 22.8 Å². The minimum absolute atomic E-state index is 0.663. The average Bonchev–Trinajstić information content (AvgIpc) is 2.36. The van der Waals surface area contributed by atoms with E-state index in [4.69, 9.17) is 5.26 Å². The number of rotatable bonds is 1. The highest BCUT2D eigenvalue weighted by Gasteiger charge is 2.11. The quantitative estimate of drug-likeness (QED) is 0.545. The van der Waals surface area contributed by atoms with Crippen molar-refractivity contribution < 1.29 is 4.79 Å². The smallest absolute Gasteiger partial charge is 0.150 e. The van der Waals surface area contributed by atoms with Crippen LogP contribution in [-0.4, -0.2) is 6.29 Å². The zero-order valence-corrected chi connectivity index (χ0v) is 9.54. The summed E-state index contributed by atoms with van der Waals surface area (Å²) in [5.41, 5.74) is 2.45. The van der Waals surface area contributed by atoms with E-state index < -0.39 is 0 Å². The van der Waals surface area contributed by atoms with Gasteiger partial charge < -0.3 is 0 Å². The predicted molar refractivity (Wildman–Crippen MR) is 65.0 cm³/mol. The maximum atomic E-state index is 10.7. The lowest BCUT2D eigenvalue weighted by atomic mass is 10.1. The first kappa shape index (κ1) is 10.7. The number of carbonyl (C=O) groups is 1. The Balaban J connectivity index is 2.47. The van der Waals surface area contributed by atoms with Crippen LogP contribution in [-0.2, 0) is 0 Å². The second-order valence-electron chi connectivity index (χ2n) is 3.45. The fourth-order valence-corrected chi connectivity index (χ4v) is 2.45. The van der Waals surface area contributed by atoms with Crippen molar-refractivity contribution in [3.8, 4) is 6.07 Å². The summed E-state index contributed by atoms with van der Waals surface area (Å²) in [4.78, 5) is 12.6. The first-order valence-electron chi connectivity index (χ1n) is 4.80. The number of nitriles is 1. The molecule has 1 aliphatic rings. The van der Waals surface area contributed by atoms with Crippen LogP contribution < -0.4 is 0 Å². The van der Waals surface area contributed by atoms with Gasteiger partial charge in [-0.05, 0) is 24.6 Å². The highest BCUT2D eigenvalue weighted by Crippen LogP contribution is 2.37. The van der Waals surface area contributed by atoms with Crippen LogP contribution in [0.15, 0.2) is 39.6 Å². The van der Waals surface area contributed by atoms with Gasteiger partial charge in [0.2, 0.25) is 0 Å². The number of hydrogen-bond acceptors (Lipinski definition) is 3. The van der Waals surface area contributed by atoms with Crippen molar-refractivity contribution in [1.82, 2.24) is 0 Å². The van der Waals surface area contributed by atoms with E-state index in [1.54, 1.807) is 13.0 Å². The first-order valence-corrected chi connectivity index (χ1v) is 5.62. The average molecular weight is 227 g/mol. The number of nitrogens with zero attached hydrogens (tertiary/aromatic N) is 1. The van der Waals surface area contributed by atoms with Gasteiger partial charge >= 0.3 is 0 Å². The molecule has 1 aliphatic heterocycles. The summed E-state index contributed by atoms with van der Waals surface area (Å²) in [5.74, 6) is 0. The molecular weight excluding hydrogens is 218 g/mol. The number of carbonyl (C=O) groups excluding carboxylic acids is 1. The Hall–Kier alpha value is -1.79. The van der Waals surface area contributed by atoms with Crippen molar-refractivity contribution in [2.45, 2.75) is 11.8 Å². The van der Waals surface area contributed by atoms with Crippen LogP contribution in [0.5, 0.6) is 0 Å². The molecule has 0 amide bonds. The molecule has 1 aromatic carbocycles. The number of benzene rings is 1. The third kappa shape index (κ3) is 1.93. The molecule has 1 aromatic rings. The molecule has 0 unspecified atom stereocenters. The molecule has 0 spiro atoms. The lowest BCUT2D eigenvalue weighted by Crippen LogP contribution is -1.91. The maximum Gasteiger partial charge on any atom is 0.150 e. The molecule has 2 rings (SSSR count). The molecule has 0 fully saturated rings. The van der Waals surface area contributed by atoms with Gasteiger partial charge in [0.05, 0.1) is 6.07 Å². The van der Waals surface area contributed by atoms with Gasteiger partial charge in [-0.25, -0.2) is 0 Å². The largest absolute Gasteiger partial charge is 0.298 e. The Morgan fingerprint density at radius 2 is 2.25 bits per heavy atom. The van der Waals surface area contributed by atoms with Gasteiger partial charge in [0, 0.05) is 20.9 Å². The summed E-state index contributed by atoms with van der Waals surface area (Å²) in [7, 11) is 0. The second-order valence-corrected chi connectivity index (χ2v) is 4.54. The molecule has 1 heterocycles. The van der Waals surface area contributed by atoms with Gasteiger partial charge in [0.1, 0.15) is 6.29 Å². The molecule has 0 aromatic heterocycles. The highest BCUT2D eigenvalue weighted by molar-refractivity contribution is 8.03. The monoisotopic (exact) mass is 227 g/mol. The fraction of sp³-hybridized carbons (Fsp3) is 0.0769. The van der Waals surface area contributed by atoms with Gasteiger partial charge in [0.15, 0.2) is 0 Å². The Morgan fingerprint density at radius 1 is 1.44 bits per heavy atom. The predicted octanol–water partition coefficient (Wildman–Crippen LogP) is 3.42. The number of allylic oxidation sites excluding steroid dienone is 2. The summed E-state index contributed by atoms with van der Waals surface area (Å²) in [6.07, 6.45) is 4.74. The lowest BCUT2D eigenvalue weighted by Gasteiger charge is -2.13. The summed E-state index contributed by atoms with van der Waals surface area (Å²) in [6.45, 7) is 1.79. The van der Waals surface area contributed by atoms with Crippen LogP contribution in [0.3, 0.4) is 0 Å². The molecule has 0 saturated carbocycles. The topological polar surface area (TPSA) is 40.9 Å². The number of thioether (sulfide) groups is 1. The molecule has 0 N–H and O–H groups in total. The van der Waals surface area contributed by atoms with E-state index in [0.29, 0.717) is 11.1 Å². The molecule has 3 heteroatoms. The normalized spacial score (nSPS) is 16.2. The van der Waals surface area contributed by atoms with Crippen LogP contribution in [0, 0.1) is 11.3 Å². The molecule has 0 aliphatic carbocycles. The van der Waals surface area contributed by atoms with E-state index in [1.807, 2.05) is 24.3 Å². The number of hydrogen-bond donors (Lipinski definition) is 0. The van der Waals surface area contributed by atoms with E-state index in [2.05, 4.69) is 6.07 Å². The zero-order valence-electron chi connectivity index (χ0n) is 8.73. The Bertz CT molecular complexity index is 550. The van der Waals surface area contributed by atoms with Gasteiger partial charge in [-0.15, -0.1) is 0 Å². The molecule has 78 valence electrons. The number of fused-ring (bicyclic) bond motifs is 1. The summed E-state index contributed by atoms with van der Waals surface area (Å²) in [6, 6.07) is 7.69.